The zero-order valence-corrected chi connectivity index (χ0v) is 27.9. The molecule has 0 radical (unpaired) electrons. The van der Waals surface area contributed by atoms with Crippen molar-refractivity contribution in [3.8, 4) is 0 Å². The monoisotopic (exact) mass is 699 g/mol. The number of aliphatic hydroxyl groups is 1. The van der Waals surface area contributed by atoms with Gasteiger partial charge >= 0.3 is 0 Å². The number of benzene rings is 2. The number of rotatable bonds is 14. The maximum Gasteiger partial charge on any atom is 0.251 e. The number of para-hydroxylation sites is 1. The van der Waals surface area contributed by atoms with E-state index in [2.05, 4.69) is 29.1 Å². The highest BCUT2D eigenvalue weighted by Crippen LogP contribution is 2.68. The number of carbonyl (C=O) groups excluding carboxylic acids is 3. The first-order chi connectivity index (χ1) is 21.3. The Morgan fingerprint density at radius 1 is 1.05 bits per heavy atom. The van der Waals surface area contributed by atoms with Gasteiger partial charge in [-0.15, -0.1) is 24.9 Å². The van der Waals surface area contributed by atoms with Crippen molar-refractivity contribution in [3.05, 3.63) is 90.5 Å². The van der Waals surface area contributed by atoms with Crippen molar-refractivity contribution < 1.29 is 19.5 Å². The molecule has 0 aromatic heterocycles. The summed E-state index contributed by atoms with van der Waals surface area (Å²) in [5, 5.41) is 9.64. The van der Waals surface area contributed by atoms with Gasteiger partial charge in [0, 0.05) is 42.9 Å². The van der Waals surface area contributed by atoms with Crippen LogP contribution in [0.4, 0.5) is 5.69 Å². The van der Waals surface area contributed by atoms with E-state index in [0.29, 0.717) is 49.6 Å². The molecule has 0 saturated carbocycles. The minimum Gasteiger partial charge on any atom is -0.396 e. The summed E-state index contributed by atoms with van der Waals surface area (Å²) in [5.41, 5.74) is 1.56. The molecule has 6 atom stereocenters. The zero-order chi connectivity index (χ0) is 31.4. The second-order valence-corrected chi connectivity index (χ2v) is 14.8. The fourth-order valence-electron chi connectivity index (χ4n) is 7.16. The van der Waals surface area contributed by atoms with Crippen LogP contribution in [-0.2, 0) is 20.9 Å². The Kier molecular flexibility index (Phi) is 10.6. The van der Waals surface area contributed by atoms with Gasteiger partial charge in [-0.25, -0.2) is 0 Å². The molecule has 2 aromatic rings. The lowest BCUT2D eigenvalue weighted by molar-refractivity contribution is -0.144. The minimum absolute atomic E-state index is 0.0365. The predicted octanol–water partition coefficient (Wildman–Crippen LogP) is 5.70. The number of unbranched alkanes of at least 4 members (excludes halogenated alkanes) is 2. The summed E-state index contributed by atoms with van der Waals surface area (Å²) >= 11 is 12.1. The molecule has 3 fully saturated rings. The van der Waals surface area contributed by atoms with Gasteiger partial charge in [0.25, 0.3) is 5.91 Å². The molecule has 3 aliphatic rings. The van der Waals surface area contributed by atoms with Gasteiger partial charge in [-0.2, -0.15) is 0 Å². The summed E-state index contributed by atoms with van der Waals surface area (Å²) in [7, 11) is 0. The van der Waals surface area contributed by atoms with Crippen LogP contribution >= 0.6 is 39.3 Å². The summed E-state index contributed by atoms with van der Waals surface area (Å²) in [5.74, 6) is -1.66. The highest BCUT2D eigenvalue weighted by molar-refractivity contribution is 9.09. The first kappa shape index (κ1) is 32.8. The van der Waals surface area contributed by atoms with E-state index < -0.39 is 22.6 Å². The maximum atomic E-state index is 14.8. The number of hydrogen-bond acceptors (Lipinski definition) is 5. The van der Waals surface area contributed by atoms with Gasteiger partial charge in [-0.1, -0.05) is 82.1 Å². The van der Waals surface area contributed by atoms with Crippen molar-refractivity contribution >= 4 is 62.7 Å². The fraction of sp³-hybridized carbons (Fsp3) is 0.441. The SMILES string of the molecule is C=CCN(Cc1ccccc1)C(=O)[C@H]1[C@@H]2SC3(CC2Br)C(C(=O)N(CC=C)c2ccccc2Cl)N(CCCCCO)C(=O)[C@H]13. The van der Waals surface area contributed by atoms with Crippen LogP contribution in [0.15, 0.2) is 79.9 Å². The number of amides is 3. The van der Waals surface area contributed by atoms with E-state index in [1.165, 1.54) is 0 Å². The standard InChI is InChI=1S/C34H39BrClN3O4S/c1-3-17-37(22-23-13-7-5-8-14-23)31(41)27-28-32(42)39(19-11-6-12-20-40)30(34(28)21-24(35)29(27)44-34)33(43)38(18-4-2)26-16-10-9-15-25(26)36/h3-5,7-10,13-16,24,27-30,40H,1-2,6,11-12,17-22H2/t24?,27-,28+,29-,30?,34?/m1/s1. The maximum absolute atomic E-state index is 14.8. The number of alkyl halides is 1. The Morgan fingerprint density at radius 2 is 1.75 bits per heavy atom. The van der Waals surface area contributed by atoms with Crippen molar-refractivity contribution in [1.82, 2.24) is 9.80 Å². The van der Waals surface area contributed by atoms with Gasteiger partial charge in [-0.3, -0.25) is 14.4 Å². The molecule has 7 nitrogen and oxygen atoms in total. The second kappa shape index (κ2) is 14.2. The van der Waals surface area contributed by atoms with Crippen molar-refractivity contribution in [2.24, 2.45) is 11.8 Å². The quantitative estimate of drug-likeness (QED) is 0.156. The number of nitrogens with zero attached hydrogens (tertiary/aromatic N) is 3. The number of anilines is 1. The van der Waals surface area contributed by atoms with Gasteiger partial charge in [0.05, 0.1) is 27.3 Å². The van der Waals surface area contributed by atoms with Crippen LogP contribution in [0.3, 0.4) is 0 Å². The van der Waals surface area contributed by atoms with E-state index >= 15 is 0 Å². The zero-order valence-electron chi connectivity index (χ0n) is 24.7. The second-order valence-electron chi connectivity index (χ2n) is 11.7. The summed E-state index contributed by atoms with van der Waals surface area (Å²) in [6.07, 6.45) is 5.96. The lowest BCUT2D eigenvalue weighted by Crippen LogP contribution is -2.56. The Hall–Kier alpha value is -2.59. The number of hydrogen-bond donors (Lipinski definition) is 1. The summed E-state index contributed by atoms with van der Waals surface area (Å²) in [6, 6.07) is 16.2. The van der Waals surface area contributed by atoms with E-state index in [1.807, 2.05) is 42.5 Å². The van der Waals surface area contributed by atoms with Gasteiger partial charge < -0.3 is 19.8 Å². The van der Waals surface area contributed by atoms with Gasteiger partial charge in [0.2, 0.25) is 11.8 Å². The Bertz CT molecular complexity index is 1400. The molecule has 10 heteroatoms. The van der Waals surface area contributed by atoms with Crippen LogP contribution in [-0.4, -0.2) is 79.7 Å². The van der Waals surface area contributed by atoms with E-state index in [1.54, 1.807) is 50.7 Å². The Morgan fingerprint density at radius 3 is 2.43 bits per heavy atom. The molecular weight excluding hydrogens is 662 g/mol. The predicted molar refractivity (Wildman–Crippen MR) is 181 cm³/mol. The number of aliphatic hydroxyl groups excluding tert-OH is 1. The van der Waals surface area contributed by atoms with Crippen molar-refractivity contribution in [2.45, 2.75) is 53.1 Å². The van der Waals surface area contributed by atoms with Gasteiger partial charge in [0.1, 0.15) is 6.04 Å². The molecular formula is C34H39BrClN3O4S. The Balaban J connectivity index is 1.54. The number of halogens is 2. The third-order valence-corrected chi connectivity index (χ3v) is 12.5. The molecule has 44 heavy (non-hydrogen) atoms. The summed E-state index contributed by atoms with van der Waals surface area (Å²) < 4.78 is -0.780. The molecule has 3 saturated heterocycles. The van der Waals surface area contributed by atoms with Crippen LogP contribution < -0.4 is 4.90 Å². The highest BCUT2D eigenvalue weighted by atomic mass is 79.9. The molecule has 3 unspecified atom stereocenters. The number of likely N-dealkylation sites (tertiary alicyclic amines) is 1. The summed E-state index contributed by atoms with van der Waals surface area (Å²) in [6.45, 7) is 9.22. The van der Waals surface area contributed by atoms with E-state index in [0.717, 1.165) is 12.0 Å². The molecule has 2 aromatic carbocycles. The smallest absolute Gasteiger partial charge is 0.251 e. The lowest BCUT2D eigenvalue weighted by Gasteiger charge is -2.38. The molecule has 2 bridgehead atoms. The van der Waals surface area contributed by atoms with Crippen LogP contribution in [0.1, 0.15) is 31.2 Å². The molecule has 3 heterocycles. The summed E-state index contributed by atoms with van der Waals surface area (Å²) in [4.78, 5) is 48.9. The molecule has 1 spiro atoms. The molecule has 0 aliphatic carbocycles. The fourth-order valence-corrected chi connectivity index (χ4v) is 11.0. The van der Waals surface area contributed by atoms with Gasteiger partial charge in [0.15, 0.2) is 0 Å². The molecule has 5 rings (SSSR count). The van der Waals surface area contributed by atoms with Gasteiger partial charge in [-0.05, 0) is 43.4 Å². The molecule has 1 N–H and O–H groups in total. The van der Waals surface area contributed by atoms with E-state index in [4.69, 9.17) is 11.6 Å². The van der Waals surface area contributed by atoms with Crippen molar-refractivity contribution in [2.75, 3.05) is 31.1 Å². The average molecular weight is 701 g/mol. The third-order valence-electron chi connectivity index (χ3n) is 8.96. The number of thioether (sulfide) groups is 1. The highest BCUT2D eigenvalue weighted by Gasteiger charge is 2.76. The average Bonchev–Trinajstić information content (AvgIpc) is 3.61. The van der Waals surface area contributed by atoms with Crippen LogP contribution in [0.2, 0.25) is 5.02 Å². The van der Waals surface area contributed by atoms with Crippen LogP contribution in [0.5, 0.6) is 0 Å². The van der Waals surface area contributed by atoms with Crippen molar-refractivity contribution in [1.29, 1.82) is 0 Å². The van der Waals surface area contributed by atoms with Crippen LogP contribution in [0.25, 0.3) is 0 Å². The van der Waals surface area contributed by atoms with E-state index in [9.17, 15) is 19.5 Å². The first-order valence-electron chi connectivity index (χ1n) is 15.1. The first-order valence-corrected chi connectivity index (χ1v) is 17.3. The third kappa shape index (κ3) is 6.00. The molecule has 3 aliphatic heterocycles. The largest absolute Gasteiger partial charge is 0.396 e. The van der Waals surface area contributed by atoms with Crippen LogP contribution in [0, 0.1) is 11.8 Å². The lowest BCUT2D eigenvalue weighted by atomic mass is 9.70. The molecule has 3 amide bonds. The minimum atomic E-state index is -0.780. The normalized spacial score (nSPS) is 26.8. The molecule has 234 valence electrons. The number of fused-ring (bicyclic) bond motifs is 1. The number of carbonyl (C=O) groups is 3. The topological polar surface area (TPSA) is 81.2 Å². The van der Waals surface area contributed by atoms with Crippen molar-refractivity contribution in [3.63, 3.8) is 0 Å². The Labute approximate surface area is 277 Å². The van der Waals surface area contributed by atoms with E-state index in [-0.39, 0.29) is 41.0 Å².